The van der Waals surface area contributed by atoms with Gasteiger partial charge >= 0.3 is 0 Å². The Hall–Kier alpha value is -1.09. The molecule has 2 heterocycles. The molecule has 2 bridgehead atoms. The molecule has 98 valence electrons. The number of para-hydroxylation sites is 1. The van der Waals surface area contributed by atoms with E-state index in [9.17, 15) is 4.39 Å². The second kappa shape index (κ2) is 4.88. The van der Waals surface area contributed by atoms with E-state index in [1.165, 1.54) is 25.7 Å². The van der Waals surface area contributed by atoms with Crippen molar-refractivity contribution in [3.05, 3.63) is 30.1 Å². The highest BCUT2D eigenvalue weighted by molar-refractivity contribution is 5.51. The maximum Gasteiger partial charge on any atom is 0.146 e. The number of halogens is 1. The van der Waals surface area contributed by atoms with Crippen molar-refractivity contribution in [2.45, 2.75) is 37.8 Å². The van der Waals surface area contributed by atoms with Crippen LogP contribution in [0.3, 0.4) is 0 Å². The monoisotopic (exact) mass is 248 g/mol. The lowest BCUT2D eigenvalue weighted by Crippen LogP contribution is -2.45. The fraction of sp³-hybridized carbons (Fsp3) is 0.600. The molecule has 0 saturated carbocycles. The van der Waals surface area contributed by atoms with Crippen LogP contribution < -0.4 is 10.2 Å². The van der Waals surface area contributed by atoms with Crippen molar-refractivity contribution >= 4 is 5.69 Å². The molecule has 1 aromatic rings. The van der Waals surface area contributed by atoms with Gasteiger partial charge in [-0.05, 0) is 57.3 Å². The standard InChI is InChI=1S/C15H21FN2/c1-17-10-11-8-12-6-7-13(9-11)18(12)15-5-3-2-4-14(15)16/h2-5,11-13,17H,6-10H2,1H3. The molecule has 2 aliphatic heterocycles. The predicted molar refractivity (Wildman–Crippen MR) is 72.3 cm³/mol. The maximum atomic E-state index is 13.9. The summed E-state index contributed by atoms with van der Waals surface area (Å²) in [4.78, 5) is 2.35. The van der Waals surface area contributed by atoms with E-state index in [1.54, 1.807) is 12.1 Å². The van der Waals surface area contributed by atoms with Crippen molar-refractivity contribution in [2.24, 2.45) is 5.92 Å². The van der Waals surface area contributed by atoms with E-state index in [4.69, 9.17) is 0 Å². The zero-order valence-electron chi connectivity index (χ0n) is 10.9. The molecule has 0 spiro atoms. The summed E-state index contributed by atoms with van der Waals surface area (Å²) in [6.07, 6.45) is 4.84. The van der Waals surface area contributed by atoms with E-state index < -0.39 is 0 Å². The third-order valence-corrected chi connectivity index (χ3v) is 4.45. The molecule has 1 N–H and O–H groups in total. The molecule has 18 heavy (non-hydrogen) atoms. The molecule has 0 amide bonds. The second-order valence-corrected chi connectivity index (χ2v) is 5.64. The third kappa shape index (κ3) is 2.01. The van der Waals surface area contributed by atoms with E-state index >= 15 is 0 Å². The van der Waals surface area contributed by atoms with Crippen LogP contribution in [-0.4, -0.2) is 25.7 Å². The molecule has 2 unspecified atom stereocenters. The van der Waals surface area contributed by atoms with Gasteiger partial charge in [-0.2, -0.15) is 0 Å². The number of hydrogen-bond acceptors (Lipinski definition) is 2. The highest BCUT2D eigenvalue weighted by atomic mass is 19.1. The van der Waals surface area contributed by atoms with E-state index in [0.717, 1.165) is 18.2 Å². The predicted octanol–water partition coefficient (Wildman–Crippen LogP) is 2.79. The van der Waals surface area contributed by atoms with Gasteiger partial charge in [-0.25, -0.2) is 4.39 Å². The van der Waals surface area contributed by atoms with Gasteiger partial charge in [-0.3, -0.25) is 0 Å². The number of hydrogen-bond donors (Lipinski definition) is 1. The minimum absolute atomic E-state index is 0.0681. The SMILES string of the molecule is CNCC1CC2CCC(C1)N2c1ccccc1F. The first kappa shape index (κ1) is 12.0. The van der Waals surface area contributed by atoms with E-state index in [0.29, 0.717) is 12.1 Å². The van der Waals surface area contributed by atoms with Crippen LogP contribution in [-0.2, 0) is 0 Å². The number of nitrogens with zero attached hydrogens (tertiary/aromatic N) is 1. The van der Waals surface area contributed by atoms with Crippen LogP contribution in [0.15, 0.2) is 24.3 Å². The van der Waals surface area contributed by atoms with Gasteiger partial charge in [-0.1, -0.05) is 12.1 Å². The number of anilines is 1. The smallest absolute Gasteiger partial charge is 0.146 e. The zero-order valence-corrected chi connectivity index (χ0v) is 10.9. The first-order valence-electron chi connectivity index (χ1n) is 6.97. The average Bonchev–Trinajstić information content (AvgIpc) is 2.62. The summed E-state index contributed by atoms with van der Waals surface area (Å²) in [5.41, 5.74) is 0.813. The molecule has 2 saturated heterocycles. The number of nitrogens with one attached hydrogen (secondary N) is 1. The summed E-state index contributed by atoms with van der Waals surface area (Å²) in [6.45, 7) is 1.10. The lowest BCUT2D eigenvalue weighted by atomic mass is 9.90. The Bertz CT molecular complexity index is 407. The minimum Gasteiger partial charge on any atom is -0.363 e. The van der Waals surface area contributed by atoms with E-state index in [1.807, 2.05) is 19.2 Å². The third-order valence-electron chi connectivity index (χ3n) is 4.45. The number of benzene rings is 1. The fourth-order valence-electron chi connectivity index (χ4n) is 3.80. The summed E-state index contributed by atoms with van der Waals surface area (Å²) in [5.74, 6) is 0.692. The summed E-state index contributed by atoms with van der Waals surface area (Å²) in [5, 5.41) is 3.28. The molecular weight excluding hydrogens is 227 g/mol. The molecule has 3 heteroatoms. The van der Waals surface area contributed by atoms with Crippen LogP contribution in [0.1, 0.15) is 25.7 Å². The van der Waals surface area contributed by atoms with Gasteiger partial charge in [0.15, 0.2) is 0 Å². The van der Waals surface area contributed by atoms with Crippen LogP contribution in [0.4, 0.5) is 10.1 Å². The fourth-order valence-corrected chi connectivity index (χ4v) is 3.80. The quantitative estimate of drug-likeness (QED) is 0.885. The number of piperidine rings is 1. The van der Waals surface area contributed by atoms with Crippen LogP contribution in [0.25, 0.3) is 0 Å². The molecule has 3 rings (SSSR count). The average molecular weight is 248 g/mol. The van der Waals surface area contributed by atoms with Crippen molar-refractivity contribution in [1.82, 2.24) is 5.32 Å². The Kier molecular flexibility index (Phi) is 3.25. The van der Waals surface area contributed by atoms with Crippen LogP contribution in [0, 0.1) is 11.7 Å². The van der Waals surface area contributed by atoms with Gasteiger partial charge in [0.2, 0.25) is 0 Å². The first-order chi connectivity index (χ1) is 8.79. The highest BCUT2D eigenvalue weighted by Gasteiger charge is 2.41. The normalized spacial score (nSPS) is 30.8. The molecule has 2 nitrogen and oxygen atoms in total. The Balaban J connectivity index is 1.82. The lowest BCUT2D eigenvalue weighted by molar-refractivity contribution is 0.330. The Morgan fingerprint density at radius 1 is 1.22 bits per heavy atom. The first-order valence-corrected chi connectivity index (χ1v) is 6.97. The number of rotatable bonds is 3. The topological polar surface area (TPSA) is 15.3 Å². The van der Waals surface area contributed by atoms with Crippen molar-refractivity contribution < 1.29 is 4.39 Å². The van der Waals surface area contributed by atoms with Crippen molar-refractivity contribution in [3.8, 4) is 0 Å². The molecule has 0 aliphatic carbocycles. The van der Waals surface area contributed by atoms with Crippen LogP contribution in [0.2, 0.25) is 0 Å². The maximum absolute atomic E-state index is 13.9. The molecular formula is C15H21FN2. The van der Waals surface area contributed by atoms with Crippen molar-refractivity contribution in [2.75, 3.05) is 18.5 Å². The summed E-state index contributed by atoms with van der Waals surface area (Å²) < 4.78 is 13.9. The summed E-state index contributed by atoms with van der Waals surface area (Å²) in [7, 11) is 2.02. The molecule has 2 atom stereocenters. The van der Waals surface area contributed by atoms with Gasteiger partial charge in [0.05, 0.1) is 5.69 Å². The summed E-state index contributed by atoms with van der Waals surface area (Å²) >= 11 is 0. The molecule has 1 aromatic carbocycles. The van der Waals surface area contributed by atoms with Crippen molar-refractivity contribution in [1.29, 1.82) is 0 Å². The highest BCUT2D eigenvalue weighted by Crippen LogP contribution is 2.42. The van der Waals surface area contributed by atoms with Gasteiger partial charge < -0.3 is 10.2 Å². The Morgan fingerprint density at radius 3 is 2.50 bits per heavy atom. The zero-order chi connectivity index (χ0) is 12.5. The molecule has 2 fully saturated rings. The van der Waals surface area contributed by atoms with Gasteiger partial charge in [0, 0.05) is 12.1 Å². The molecule has 0 aromatic heterocycles. The second-order valence-electron chi connectivity index (χ2n) is 5.64. The lowest BCUT2D eigenvalue weighted by Gasteiger charge is -2.40. The van der Waals surface area contributed by atoms with E-state index in [2.05, 4.69) is 10.2 Å². The molecule has 2 aliphatic rings. The van der Waals surface area contributed by atoms with Crippen molar-refractivity contribution in [3.63, 3.8) is 0 Å². The Morgan fingerprint density at radius 2 is 1.89 bits per heavy atom. The van der Waals surface area contributed by atoms with Gasteiger partial charge in [0.1, 0.15) is 5.82 Å². The van der Waals surface area contributed by atoms with Gasteiger partial charge in [-0.15, -0.1) is 0 Å². The summed E-state index contributed by atoms with van der Waals surface area (Å²) in [6, 6.07) is 8.30. The van der Waals surface area contributed by atoms with Gasteiger partial charge in [0.25, 0.3) is 0 Å². The van der Waals surface area contributed by atoms with Crippen LogP contribution in [0.5, 0.6) is 0 Å². The Labute approximate surface area is 108 Å². The minimum atomic E-state index is -0.0681. The largest absolute Gasteiger partial charge is 0.363 e. The van der Waals surface area contributed by atoms with E-state index in [-0.39, 0.29) is 5.82 Å². The number of fused-ring (bicyclic) bond motifs is 2. The van der Waals surface area contributed by atoms with Crippen LogP contribution >= 0.6 is 0 Å². The molecule has 0 radical (unpaired) electrons.